The molecule has 1 spiro atoms. The first kappa shape index (κ1) is 21.2. The number of fused-ring (bicyclic) bond motifs is 2. The van der Waals surface area contributed by atoms with Crippen LogP contribution < -0.4 is 4.90 Å². The van der Waals surface area contributed by atoms with Crippen LogP contribution in [0.4, 0.5) is 14.6 Å². The summed E-state index contributed by atoms with van der Waals surface area (Å²) in [6.07, 6.45) is 3.01. The largest absolute Gasteiger partial charge is 0.508 e. The van der Waals surface area contributed by atoms with E-state index in [0.29, 0.717) is 45.3 Å². The molecule has 0 radical (unpaired) electrons. The molecule has 0 saturated carbocycles. The summed E-state index contributed by atoms with van der Waals surface area (Å²) < 4.78 is 36.1. The highest BCUT2D eigenvalue weighted by Gasteiger charge is 2.45. The van der Waals surface area contributed by atoms with Crippen LogP contribution in [0, 0.1) is 24.0 Å². The summed E-state index contributed by atoms with van der Waals surface area (Å²) in [6.45, 7) is 6.69. The first-order valence-electron chi connectivity index (χ1n) is 11.5. The molecule has 6 nitrogen and oxygen atoms in total. The number of pyridine rings is 1. The van der Waals surface area contributed by atoms with Gasteiger partial charge in [0.1, 0.15) is 34.4 Å². The zero-order valence-electron chi connectivity index (χ0n) is 19.0. The summed E-state index contributed by atoms with van der Waals surface area (Å²) in [7, 11) is 0. The van der Waals surface area contributed by atoms with E-state index in [-0.39, 0.29) is 28.2 Å². The molecule has 0 unspecified atom stereocenters. The van der Waals surface area contributed by atoms with Crippen LogP contribution in [0.2, 0.25) is 0 Å². The molecule has 0 aliphatic carbocycles. The number of aryl methyl sites for hydroxylation is 2. The minimum atomic E-state index is -0.608. The van der Waals surface area contributed by atoms with Crippen molar-refractivity contribution < 1.29 is 18.6 Å². The van der Waals surface area contributed by atoms with Gasteiger partial charge in [-0.3, -0.25) is 4.98 Å². The number of benzene rings is 2. The second-order valence-electron chi connectivity index (χ2n) is 9.41. The molecule has 8 heteroatoms. The fourth-order valence-corrected chi connectivity index (χ4v) is 5.35. The monoisotopic (exact) mass is 462 g/mol. The molecule has 34 heavy (non-hydrogen) atoms. The molecular formula is C26H24F2N4O2. The minimum Gasteiger partial charge on any atom is -0.508 e. The van der Waals surface area contributed by atoms with Crippen molar-refractivity contribution in [1.29, 1.82) is 0 Å². The summed E-state index contributed by atoms with van der Waals surface area (Å²) in [5.41, 5.74) is 1.15. The van der Waals surface area contributed by atoms with Gasteiger partial charge in [0, 0.05) is 30.3 Å². The Labute approximate surface area is 195 Å². The molecule has 2 aliphatic heterocycles. The number of ether oxygens (including phenoxy) is 1. The Hall–Kier alpha value is -3.39. The van der Waals surface area contributed by atoms with Crippen molar-refractivity contribution in [2.24, 2.45) is 5.41 Å². The van der Waals surface area contributed by atoms with Gasteiger partial charge in [0.25, 0.3) is 0 Å². The van der Waals surface area contributed by atoms with Gasteiger partial charge in [0.15, 0.2) is 5.82 Å². The van der Waals surface area contributed by atoms with E-state index in [1.807, 2.05) is 6.92 Å². The Balaban J connectivity index is 1.56. The summed E-state index contributed by atoms with van der Waals surface area (Å²) in [4.78, 5) is 15.7. The van der Waals surface area contributed by atoms with Crippen molar-refractivity contribution in [3.05, 3.63) is 53.5 Å². The van der Waals surface area contributed by atoms with Crippen molar-refractivity contribution >= 4 is 27.5 Å². The van der Waals surface area contributed by atoms with Gasteiger partial charge in [-0.1, -0.05) is 13.0 Å². The lowest BCUT2D eigenvalue weighted by atomic mass is 9.85. The van der Waals surface area contributed by atoms with Crippen molar-refractivity contribution in [1.82, 2.24) is 15.0 Å². The zero-order valence-corrected chi connectivity index (χ0v) is 19.0. The molecule has 4 heterocycles. The summed E-state index contributed by atoms with van der Waals surface area (Å²) in [6, 6.07) is 5.94. The highest BCUT2D eigenvalue weighted by molar-refractivity contribution is 6.01. The van der Waals surface area contributed by atoms with Crippen molar-refractivity contribution in [2.45, 2.75) is 26.7 Å². The molecule has 2 saturated heterocycles. The third kappa shape index (κ3) is 3.12. The van der Waals surface area contributed by atoms with Crippen LogP contribution in [0.3, 0.4) is 0 Å². The first-order valence-corrected chi connectivity index (χ1v) is 11.5. The van der Waals surface area contributed by atoms with E-state index in [1.165, 1.54) is 12.1 Å². The van der Waals surface area contributed by atoms with E-state index in [9.17, 15) is 9.50 Å². The number of aromatic hydroxyl groups is 1. The molecule has 0 atom stereocenters. The SMILES string of the molecule is CCc1c(F)ccc2cc(O)cc(-c3ncc4c(N5CCC6(COC6)C5)nc(C)nc4c3F)c12. The third-order valence-electron chi connectivity index (χ3n) is 7.09. The van der Waals surface area contributed by atoms with Gasteiger partial charge in [-0.2, -0.15) is 0 Å². The molecule has 4 aromatic rings. The number of anilines is 1. The van der Waals surface area contributed by atoms with Gasteiger partial charge in [-0.05, 0) is 54.3 Å². The van der Waals surface area contributed by atoms with Gasteiger partial charge in [0.2, 0.25) is 0 Å². The highest BCUT2D eigenvalue weighted by Crippen LogP contribution is 2.42. The van der Waals surface area contributed by atoms with E-state index in [4.69, 9.17) is 4.74 Å². The Morgan fingerprint density at radius 3 is 2.71 bits per heavy atom. The predicted molar refractivity (Wildman–Crippen MR) is 126 cm³/mol. The number of aromatic nitrogens is 3. The number of rotatable bonds is 3. The maximum absolute atomic E-state index is 16.1. The normalized spacial score (nSPS) is 17.1. The number of hydrogen-bond acceptors (Lipinski definition) is 6. The van der Waals surface area contributed by atoms with Gasteiger partial charge < -0.3 is 14.7 Å². The number of phenols is 1. The average molecular weight is 463 g/mol. The lowest BCUT2D eigenvalue weighted by molar-refractivity contribution is -0.0985. The van der Waals surface area contributed by atoms with Crippen molar-refractivity contribution in [3.8, 4) is 17.0 Å². The fourth-order valence-electron chi connectivity index (χ4n) is 5.35. The first-order chi connectivity index (χ1) is 16.4. The van der Waals surface area contributed by atoms with E-state index < -0.39 is 5.82 Å². The van der Waals surface area contributed by atoms with Gasteiger partial charge in [0.05, 0.1) is 18.6 Å². The standard InChI is InChI=1S/C26H24F2N4O2/c1-3-17-20(27)5-4-15-8-16(33)9-18(21(15)17)23-22(28)24-19(10-29-23)25(31-14(2)30-24)32-7-6-26(11-32)12-34-13-26/h4-5,8-10,33H,3,6-7,11-13H2,1-2H3. The van der Waals surface area contributed by atoms with Crippen LogP contribution in [0.15, 0.2) is 30.5 Å². The summed E-state index contributed by atoms with van der Waals surface area (Å²) in [5, 5.41) is 12.0. The van der Waals surface area contributed by atoms with Crippen LogP contribution in [0.1, 0.15) is 24.7 Å². The Kier molecular flexibility index (Phi) is 4.71. The highest BCUT2D eigenvalue weighted by atomic mass is 19.1. The molecule has 1 N–H and O–H groups in total. The number of hydrogen-bond donors (Lipinski definition) is 1. The summed E-state index contributed by atoms with van der Waals surface area (Å²) >= 11 is 0. The van der Waals surface area contributed by atoms with Crippen LogP contribution in [0.25, 0.3) is 32.9 Å². The van der Waals surface area contributed by atoms with Gasteiger partial charge >= 0.3 is 0 Å². The second-order valence-corrected chi connectivity index (χ2v) is 9.41. The second kappa shape index (κ2) is 7.56. The topological polar surface area (TPSA) is 71.4 Å². The molecule has 2 aliphatic rings. The Morgan fingerprint density at radius 1 is 1.18 bits per heavy atom. The third-order valence-corrected chi connectivity index (χ3v) is 7.09. The van der Waals surface area contributed by atoms with Crippen LogP contribution in [-0.4, -0.2) is 46.4 Å². The Bertz CT molecular complexity index is 1470. The lowest BCUT2D eigenvalue weighted by Crippen LogP contribution is -2.44. The molecule has 6 rings (SSSR count). The lowest BCUT2D eigenvalue weighted by Gasteiger charge is -2.37. The maximum atomic E-state index is 16.1. The number of nitrogens with zero attached hydrogens (tertiary/aromatic N) is 4. The number of halogens is 2. The minimum absolute atomic E-state index is 0.0306. The molecule has 2 aromatic carbocycles. The van der Waals surface area contributed by atoms with Crippen molar-refractivity contribution in [3.63, 3.8) is 0 Å². The number of phenolic OH excluding ortho intramolecular Hbond substituents is 1. The van der Waals surface area contributed by atoms with E-state index >= 15 is 4.39 Å². The maximum Gasteiger partial charge on any atom is 0.175 e. The quantitative estimate of drug-likeness (QED) is 0.466. The molecule has 174 valence electrons. The molecule has 0 bridgehead atoms. The predicted octanol–water partition coefficient (Wildman–Crippen LogP) is 4.93. The molecule has 2 fully saturated rings. The van der Waals surface area contributed by atoms with E-state index in [1.54, 1.807) is 25.3 Å². The smallest absolute Gasteiger partial charge is 0.175 e. The average Bonchev–Trinajstić information content (AvgIpc) is 3.25. The fraction of sp³-hybridized carbons (Fsp3) is 0.346. The van der Waals surface area contributed by atoms with Crippen LogP contribution in [-0.2, 0) is 11.2 Å². The van der Waals surface area contributed by atoms with Crippen LogP contribution in [0.5, 0.6) is 5.75 Å². The van der Waals surface area contributed by atoms with Crippen LogP contribution >= 0.6 is 0 Å². The van der Waals surface area contributed by atoms with Gasteiger partial charge in [-0.15, -0.1) is 0 Å². The Morgan fingerprint density at radius 2 is 2.00 bits per heavy atom. The summed E-state index contributed by atoms with van der Waals surface area (Å²) in [5.74, 6) is 0.118. The molecule has 2 aromatic heterocycles. The van der Waals surface area contributed by atoms with Gasteiger partial charge in [-0.25, -0.2) is 18.7 Å². The van der Waals surface area contributed by atoms with E-state index in [2.05, 4.69) is 19.9 Å². The molecule has 0 amide bonds. The zero-order chi connectivity index (χ0) is 23.6. The molecular weight excluding hydrogens is 438 g/mol. The van der Waals surface area contributed by atoms with E-state index in [0.717, 1.165) is 32.7 Å². The van der Waals surface area contributed by atoms with Crippen molar-refractivity contribution in [2.75, 3.05) is 31.2 Å².